The highest BCUT2D eigenvalue weighted by Gasteiger charge is 2.17. The van der Waals surface area contributed by atoms with Gasteiger partial charge in [0.05, 0.1) is 6.10 Å². The molecule has 5 rings (SSSR count). The van der Waals surface area contributed by atoms with Crippen molar-refractivity contribution in [2.75, 3.05) is 0 Å². The van der Waals surface area contributed by atoms with E-state index in [4.69, 9.17) is 4.74 Å². The summed E-state index contributed by atoms with van der Waals surface area (Å²) in [6, 6.07) is 40.9. The molecule has 1 fully saturated rings. The van der Waals surface area contributed by atoms with Gasteiger partial charge in [-0.25, -0.2) is 0 Å². The maximum absolute atomic E-state index is 10.2. The Morgan fingerprint density at radius 1 is 0.694 bits per heavy atom. The van der Waals surface area contributed by atoms with Gasteiger partial charge in [-0.3, -0.25) is 4.79 Å². The Bertz CT molecular complexity index is 1100. The fourth-order valence-electron chi connectivity index (χ4n) is 2.99. The number of carbonyl (C=O) groups excluding carboxylic acids is 1. The topological polar surface area (TPSA) is 26.3 Å². The second kappa shape index (κ2) is 17.9. The van der Waals surface area contributed by atoms with E-state index in [0.717, 1.165) is 6.42 Å². The van der Waals surface area contributed by atoms with Crippen LogP contribution < -0.4 is 0 Å². The molecule has 0 radical (unpaired) electrons. The van der Waals surface area contributed by atoms with E-state index in [2.05, 4.69) is 77.7 Å². The van der Waals surface area contributed by atoms with Crippen molar-refractivity contribution >= 4 is 46.8 Å². The first-order valence-electron chi connectivity index (χ1n) is 11.9. The van der Waals surface area contributed by atoms with Gasteiger partial charge < -0.3 is 4.74 Å². The lowest BCUT2D eigenvalue weighted by Gasteiger charge is -1.95. The highest BCUT2D eigenvalue weighted by atomic mass is 127. The van der Waals surface area contributed by atoms with Crippen LogP contribution in [0, 0.1) is 3.57 Å². The third-order valence-electron chi connectivity index (χ3n) is 4.92. The summed E-state index contributed by atoms with van der Waals surface area (Å²) in [7, 11) is 0. The van der Waals surface area contributed by atoms with Crippen LogP contribution in [0.15, 0.2) is 128 Å². The van der Waals surface area contributed by atoms with E-state index in [1.54, 1.807) is 0 Å². The Hall–Kier alpha value is -3.44. The van der Waals surface area contributed by atoms with Crippen LogP contribution in [0.1, 0.15) is 36.5 Å². The zero-order chi connectivity index (χ0) is 25.8. The number of halogens is 1. The molecular weight excluding hydrogens is 555 g/mol. The second-order valence-electron chi connectivity index (χ2n) is 7.90. The largest absolute Gasteiger partial charge is 0.463 e. The lowest BCUT2D eigenvalue weighted by molar-refractivity contribution is -0.140. The second-order valence-corrected chi connectivity index (χ2v) is 9.15. The Labute approximate surface area is 229 Å². The molecule has 1 unspecified atom stereocenters. The van der Waals surface area contributed by atoms with Gasteiger partial charge in [0.1, 0.15) is 0 Å². The minimum atomic E-state index is -0.0486. The van der Waals surface area contributed by atoms with E-state index in [0.29, 0.717) is 6.42 Å². The molecule has 184 valence electrons. The highest BCUT2D eigenvalue weighted by Crippen LogP contribution is 2.11. The van der Waals surface area contributed by atoms with Gasteiger partial charge in [-0.2, -0.15) is 0 Å². The average Bonchev–Trinajstić information content (AvgIpc) is 3.33. The minimum Gasteiger partial charge on any atom is -0.463 e. The molecule has 1 aliphatic heterocycles. The van der Waals surface area contributed by atoms with E-state index in [-0.39, 0.29) is 12.1 Å². The van der Waals surface area contributed by atoms with Crippen molar-refractivity contribution in [2.45, 2.75) is 25.9 Å². The quantitative estimate of drug-likeness (QED) is 0.136. The van der Waals surface area contributed by atoms with Crippen LogP contribution >= 0.6 is 22.6 Å². The predicted octanol–water partition coefficient (Wildman–Crippen LogP) is 9.19. The molecule has 1 heterocycles. The fourth-order valence-corrected chi connectivity index (χ4v) is 3.40. The van der Waals surface area contributed by atoms with Gasteiger partial charge >= 0.3 is 5.97 Å². The molecule has 4 aromatic carbocycles. The predicted molar refractivity (Wildman–Crippen MR) is 162 cm³/mol. The average molecular weight is 589 g/mol. The molecule has 1 atom stereocenters. The Balaban J connectivity index is 0.000000179. The summed E-state index contributed by atoms with van der Waals surface area (Å²) < 4.78 is 6.01. The SMILES string of the molecule is C(=C\c1ccccc1)/c1ccccc1.C=Cc1ccccc1.CC1CCC(=O)O1.Ic1ccccc1. The van der Waals surface area contributed by atoms with Crippen LogP contribution in [-0.2, 0) is 9.53 Å². The van der Waals surface area contributed by atoms with Gasteiger partial charge in [-0.15, -0.1) is 0 Å². The van der Waals surface area contributed by atoms with E-state index in [9.17, 15) is 4.79 Å². The molecule has 0 spiro atoms. The summed E-state index contributed by atoms with van der Waals surface area (Å²) >= 11 is 2.28. The Kier molecular flexibility index (Phi) is 14.3. The van der Waals surface area contributed by atoms with Gasteiger partial charge in [0.25, 0.3) is 0 Å². The van der Waals surface area contributed by atoms with Crippen LogP contribution in [0.25, 0.3) is 18.2 Å². The summed E-state index contributed by atoms with van der Waals surface area (Å²) in [5, 5.41) is 0. The Morgan fingerprint density at radius 3 is 1.31 bits per heavy atom. The molecule has 3 heteroatoms. The third-order valence-corrected chi connectivity index (χ3v) is 5.64. The minimum absolute atomic E-state index is 0.0486. The maximum atomic E-state index is 10.2. The smallest absolute Gasteiger partial charge is 0.306 e. The third kappa shape index (κ3) is 13.4. The molecular formula is C33H33IO2. The monoisotopic (exact) mass is 588 g/mol. The molecule has 0 amide bonds. The van der Waals surface area contributed by atoms with Crippen molar-refractivity contribution in [1.29, 1.82) is 0 Å². The normalized spacial score (nSPS) is 13.6. The van der Waals surface area contributed by atoms with Gasteiger partial charge in [-0.05, 0) is 64.8 Å². The summed E-state index contributed by atoms with van der Waals surface area (Å²) in [4.78, 5) is 10.2. The van der Waals surface area contributed by atoms with Crippen LogP contribution in [0.3, 0.4) is 0 Å². The number of carbonyl (C=O) groups is 1. The molecule has 0 bridgehead atoms. The van der Waals surface area contributed by atoms with Crippen molar-refractivity contribution in [3.63, 3.8) is 0 Å². The molecule has 0 aromatic heterocycles. The summed E-state index contributed by atoms with van der Waals surface area (Å²) in [6.07, 6.45) is 7.76. The van der Waals surface area contributed by atoms with Gasteiger partial charge in [0.2, 0.25) is 0 Å². The van der Waals surface area contributed by atoms with Crippen molar-refractivity contribution in [1.82, 2.24) is 0 Å². The van der Waals surface area contributed by atoms with Crippen LogP contribution in [0.4, 0.5) is 0 Å². The van der Waals surface area contributed by atoms with Gasteiger partial charge in [-0.1, -0.05) is 134 Å². The molecule has 0 aliphatic carbocycles. The van der Waals surface area contributed by atoms with Gasteiger partial charge in [0.15, 0.2) is 0 Å². The molecule has 36 heavy (non-hydrogen) atoms. The van der Waals surface area contributed by atoms with Crippen molar-refractivity contribution in [3.05, 3.63) is 148 Å². The molecule has 1 saturated heterocycles. The number of hydrogen-bond acceptors (Lipinski definition) is 2. The van der Waals surface area contributed by atoms with Gasteiger partial charge in [0, 0.05) is 9.99 Å². The standard InChI is InChI=1S/C14H12.C8H8.C6H5I.C5H8O2/c1-3-7-13(8-4-1)11-12-14-9-5-2-6-10-14;1-2-8-6-4-3-5-7-8;7-6-4-2-1-3-5-6;1-4-2-3-5(6)7-4/h1-12H;2-7H,1H2;1-5H;4H,2-3H2,1H3/b12-11+;;;. The fraction of sp³-hybridized carbons (Fsp3) is 0.121. The van der Waals surface area contributed by atoms with Crippen LogP contribution in [0.5, 0.6) is 0 Å². The van der Waals surface area contributed by atoms with E-state index < -0.39 is 0 Å². The molecule has 0 saturated carbocycles. The lowest BCUT2D eigenvalue weighted by Crippen LogP contribution is -1.98. The van der Waals surface area contributed by atoms with E-state index in [1.807, 2.05) is 97.9 Å². The summed E-state index contributed by atoms with van der Waals surface area (Å²) in [5.41, 5.74) is 3.64. The van der Waals surface area contributed by atoms with Crippen molar-refractivity contribution in [3.8, 4) is 0 Å². The molecule has 0 N–H and O–H groups in total. The zero-order valence-corrected chi connectivity index (χ0v) is 22.8. The number of esters is 1. The lowest BCUT2D eigenvalue weighted by atomic mass is 10.1. The molecule has 4 aromatic rings. The van der Waals surface area contributed by atoms with E-state index in [1.165, 1.54) is 20.3 Å². The first-order valence-corrected chi connectivity index (χ1v) is 13.0. The number of ether oxygens (including phenoxy) is 1. The summed E-state index contributed by atoms with van der Waals surface area (Å²) in [5.74, 6) is -0.0486. The molecule has 1 aliphatic rings. The number of benzene rings is 4. The van der Waals surface area contributed by atoms with Crippen molar-refractivity contribution < 1.29 is 9.53 Å². The number of hydrogen-bond donors (Lipinski definition) is 0. The summed E-state index contributed by atoms with van der Waals surface area (Å²) in [6.45, 7) is 5.54. The first-order chi connectivity index (χ1) is 17.6. The highest BCUT2D eigenvalue weighted by molar-refractivity contribution is 14.1. The first kappa shape index (κ1) is 28.8. The number of rotatable bonds is 3. The maximum Gasteiger partial charge on any atom is 0.306 e. The van der Waals surface area contributed by atoms with E-state index >= 15 is 0 Å². The zero-order valence-electron chi connectivity index (χ0n) is 20.7. The molecule has 2 nitrogen and oxygen atoms in total. The Morgan fingerprint density at radius 2 is 1.08 bits per heavy atom. The van der Waals surface area contributed by atoms with Crippen LogP contribution in [0.2, 0.25) is 0 Å². The van der Waals surface area contributed by atoms with Crippen molar-refractivity contribution in [2.24, 2.45) is 0 Å². The number of cyclic esters (lactones) is 1. The van der Waals surface area contributed by atoms with Crippen LogP contribution in [-0.4, -0.2) is 12.1 Å².